The lowest BCUT2D eigenvalue weighted by Crippen LogP contribution is -2.30. The van der Waals surface area contributed by atoms with E-state index in [1.165, 1.54) is 13.2 Å². The molecule has 0 atom stereocenters. The third-order valence-electron chi connectivity index (χ3n) is 1.27. The lowest BCUT2D eigenvalue weighted by atomic mass is 10.3. The Labute approximate surface area is 83.4 Å². The zero-order chi connectivity index (χ0) is 12.1. The molecule has 1 aromatic rings. The van der Waals surface area contributed by atoms with Crippen LogP contribution >= 0.6 is 0 Å². The summed E-state index contributed by atoms with van der Waals surface area (Å²) in [5.74, 6) is -0.0880. The van der Waals surface area contributed by atoms with Gasteiger partial charge in [-0.05, 0) is 6.07 Å². The minimum absolute atomic E-state index is 0.252. The molecule has 0 amide bonds. The number of aryl methyl sites for hydroxylation is 1. The van der Waals surface area contributed by atoms with Gasteiger partial charge in [-0.2, -0.15) is 8.96 Å². The van der Waals surface area contributed by atoms with Gasteiger partial charge < -0.3 is 22.0 Å². The van der Waals surface area contributed by atoms with Crippen LogP contribution in [0.15, 0.2) is 18.3 Å². The maximum absolute atomic E-state index is 12.7. The van der Waals surface area contributed by atoms with Crippen molar-refractivity contribution in [3.05, 3.63) is 24.1 Å². The van der Waals surface area contributed by atoms with Crippen molar-refractivity contribution in [2.75, 3.05) is 7.11 Å². The largest absolute Gasteiger partial charge is 0.673 e. The van der Waals surface area contributed by atoms with Crippen molar-refractivity contribution < 1.29 is 31.0 Å². The molecule has 1 aromatic heterocycles. The molecule has 15 heavy (non-hydrogen) atoms. The number of aromatic nitrogens is 1. The number of halogens is 5. The number of ether oxygens (including phenoxy) is 1. The molecule has 0 aromatic carbocycles. The summed E-state index contributed by atoms with van der Waals surface area (Å²) in [6.45, 7) is 0. The van der Waals surface area contributed by atoms with Crippen molar-refractivity contribution in [3.8, 4) is 5.88 Å². The first-order valence-corrected chi connectivity index (χ1v) is 3.81. The fourth-order valence-corrected chi connectivity index (χ4v) is 0.806. The minimum Gasteiger partial charge on any atom is -0.446 e. The van der Waals surface area contributed by atoms with Crippen LogP contribution in [0.1, 0.15) is 0 Å². The van der Waals surface area contributed by atoms with Gasteiger partial charge in [0, 0.05) is 6.07 Å². The molecule has 1 rings (SSSR count). The normalized spacial score (nSPS) is 10.3. The number of pyridine rings is 1. The number of nitrogens with zero attached hydrogens (tertiary/aromatic N) is 1. The van der Waals surface area contributed by atoms with Crippen LogP contribution in [0.2, 0.25) is 0 Å². The molecule has 0 aliphatic rings. The smallest absolute Gasteiger partial charge is 0.446 e. The van der Waals surface area contributed by atoms with Crippen LogP contribution in [-0.2, 0) is 7.05 Å². The highest BCUT2D eigenvalue weighted by atomic mass is 19.5. The Morgan fingerprint density at radius 2 is 1.73 bits per heavy atom. The van der Waals surface area contributed by atoms with Gasteiger partial charge in [-0.15, -0.1) is 0 Å². The molecule has 0 aliphatic carbocycles. The summed E-state index contributed by atoms with van der Waals surface area (Å²) in [6.07, 6.45) is 1.72. The summed E-state index contributed by atoms with van der Waals surface area (Å²) in [5.41, 5.74) is 0. The molecule has 0 radical (unpaired) electrons. The van der Waals surface area contributed by atoms with E-state index in [4.69, 9.17) is 4.74 Å². The van der Waals surface area contributed by atoms with Crippen LogP contribution in [0, 0.1) is 5.82 Å². The molecule has 0 spiro atoms. The summed E-state index contributed by atoms with van der Waals surface area (Å²) in [5, 5.41) is 0. The molecule has 86 valence electrons. The van der Waals surface area contributed by atoms with Crippen LogP contribution in [0.4, 0.5) is 21.7 Å². The topological polar surface area (TPSA) is 13.1 Å². The molecular weight excluding hydrogens is 220 g/mol. The highest BCUT2D eigenvalue weighted by molar-refractivity contribution is 6.50. The third kappa shape index (κ3) is 6.70. The molecular formula is C7H9BF5NO. The van der Waals surface area contributed by atoms with Gasteiger partial charge in [0.05, 0.1) is 7.11 Å². The van der Waals surface area contributed by atoms with Gasteiger partial charge in [0.1, 0.15) is 7.05 Å². The number of hydrogen-bond donors (Lipinski definition) is 0. The molecule has 0 N–H and O–H groups in total. The number of rotatable bonds is 1. The van der Waals surface area contributed by atoms with E-state index in [2.05, 4.69) is 0 Å². The fourth-order valence-electron chi connectivity index (χ4n) is 0.806. The van der Waals surface area contributed by atoms with E-state index in [1.54, 1.807) is 23.9 Å². The number of hydrogen-bond acceptors (Lipinski definition) is 1. The van der Waals surface area contributed by atoms with Crippen LogP contribution in [-0.4, -0.2) is 14.4 Å². The van der Waals surface area contributed by atoms with Crippen LogP contribution < -0.4 is 9.30 Å². The lowest BCUT2D eigenvalue weighted by Gasteiger charge is -1.96. The summed E-state index contributed by atoms with van der Waals surface area (Å²) in [4.78, 5) is 0. The zero-order valence-corrected chi connectivity index (χ0v) is 8.05. The number of methoxy groups -OCH3 is 1. The Balaban J connectivity index is 0.000000336. The highest BCUT2D eigenvalue weighted by Crippen LogP contribution is 2.07. The van der Waals surface area contributed by atoms with Crippen LogP contribution in [0.5, 0.6) is 5.88 Å². The Kier molecular flexibility index (Phi) is 5.03. The van der Waals surface area contributed by atoms with E-state index in [0.717, 1.165) is 0 Å². The third-order valence-corrected chi connectivity index (χ3v) is 1.27. The van der Waals surface area contributed by atoms with Gasteiger partial charge in [0.15, 0.2) is 6.20 Å². The molecule has 8 heteroatoms. The van der Waals surface area contributed by atoms with Gasteiger partial charge in [0.2, 0.25) is 5.82 Å². The second-order valence-electron chi connectivity index (χ2n) is 2.47. The first-order chi connectivity index (χ1) is 6.75. The van der Waals surface area contributed by atoms with E-state index in [9.17, 15) is 21.7 Å². The van der Waals surface area contributed by atoms with Crippen molar-refractivity contribution in [3.63, 3.8) is 0 Å². The summed E-state index contributed by atoms with van der Waals surface area (Å²) < 4.78 is 58.0. The summed E-state index contributed by atoms with van der Waals surface area (Å²) in [6, 6.07) is 2.98. The minimum atomic E-state index is -6.00. The average molecular weight is 229 g/mol. The van der Waals surface area contributed by atoms with Crippen molar-refractivity contribution >= 4 is 7.25 Å². The van der Waals surface area contributed by atoms with Crippen molar-refractivity contribution in [1.82, 2.24) is 0 Å². The van der Waals surface area contributed by atoms with Crippen molar-refractivity contribution in [2.24, 2.45) is 7.05 Å². The van der Waals surface area contributed by atoms with Crippen molar-refractivity contribution in [2.45, 2.75) is 0 Å². The lowest BCUT2D eigenvalue weighted by molar-refractivity contribution is -0.678. The fraction of sp³-hybridized carbons (Fsp3) is 0.286. The molecule has 0 saturated carbocycles. The first-order valence-electron chi connectivity index (χ1n) is 3.81. The Morgan fingerprint density at radius 3 is 2.00 bits per heavy atom. The molecule has 0 fully saturated rings. The van der Waals surface area contributed by atoms with E-state index in [0.29, 0.717) is 0 Å². The quantitative estimate of drug-likeness (QED) is 0.407. The second-order valence-corrected chi connectivity index (χ2v) is 2.47. The van der Waals surface area contributed by atoms with Gasteiger partial charge >= 0.3 is 13.1 Å². The maximum Gasteiger partial charge on any atom is 0.673 e. The predicted molar refractivity (Wildman–Crippen MR) is 44.3 cm³/mol. The summed E-state index contributed by atoms with van der Waals surface area (Å²) >= 11 is 0. The molecule has 1 heterocycles. The molecule has 0 aliphatic heterocycles. The van der Waals surface area contributed by atoms with Crippen LogP contribution in [0.3, 0.4) is 0 Å². The Hall–Kier alpha value is -1.34. The van der Waals surface area contributed by atoms with E-state index >= 15 is 0 Å². The molecule has 0 unspecified atom stereocenters. The molecule has 2 nitrogen and oxygen atoms in total. The van der Waals surface area contributed by atoms with Gasteiger partial charge in [0.25, 0.3) is 0 Å². The zero-order valence-electron chi connectivity index (χ0n) is 8.05. The van der Waals surface area contributed by atoms with Gasteiger partial charge in [-0.1, -0.05) is 0 Å². The highest BCUT2D eigenvalue weighted by Gasteiger charge is 2.20. The second kappa shape index (κ2) is 5.52. The Morgan fingerprint density at radius 1 is 1.27 bits per heavy atom. The van der Waals surface area contributed by atoms with Gasteiger partial charge in [-0.25, -0.2) is 0 Å². The first kappa shape index (κ1) is 13.7. The van der Waals surface area contributed by atoms with Crippen molar-refractivity contribution in [1.29, 1.82) is 0 Å². The average Bonchev–Trinajstić information content (AvgIpc) is 2.01. The van der Waals surface area contributed by atoms with E-state index in [1.807, 2.05) is 0 Å². The van der Waals surface area contributed by atoms with Gasteiger partial charge in [-0.3, -0.25) is 0 Å². The van der Waals surface area contributed by atoms with E-state index < -0.39 is 7.25 Å². The standard InChI is InChI=1S/C7H9FNO.BF4/c1-9-5-3-4-6(8)7(9)10-2;2-1(3,4)5/h3-5H,1-2H3;/q+1;-1. The maximum atomic E-state index is 12.7. The summed E-state index contributed by atoms with van der Waals surface area (Å²) in [7, 11) is -2.83. The van der Waals surface area contributed by atoms with Crippen LogP contribution in [0.25, 0.3) is 0 Å². The SMILES string of the molecule is COc1c(F)ccc[n+]1C.F[B-](F)(F)F. The monoisotopic (exact) mass is 229 g/mol. The predicted octanol–water partition coefficient (Wildman–Crippen LogP) is 1.96. The Bertz CT molecular complexity index is 290. The molecule has 0 saturated heterocycles. The molecule has 0 bridgehead atoms. The van der Waals surface area contributed by atoms with E-state index in [-0.39, 0.29) is 11.7 Å².